The third-order valence-corrected chi connectivity index (χ3v) is 1.92. The van der Waals surface area contributed by atoms with Gasteiger partial charge >= 0.3 is 0 Å². The van der Waals surface area contributed by atoms with Gasteiger partial charge in [-0.25, -0.2) is 4.99 Å². The van der Waals surface area contributed by atoms with Gasteiger partial charge in [-0.1, -0.05) is 13.2 Å². The molecule has 0 saturated heterocycles. The van der Waals surface area contributed by atoms with E-state index in [1.54, 1.807) is 6.20 Å². The fourth-order valence-electron chi connectivity index (χ4n) is 1.43. The summed E-state index contributed by atoms with van der Waals surface area (Å²) >= 11 is 0. The summed E-state index contributed by atoms with van der Waals surface area (Å²) in [4.78, 5) is 10.3. The van der Waals surface area contributed by atoms with Crippen LogP contribution in [0.3, 0.4) is 0 Å². The Morgan fingerprint density at radius 3 is 2.71 bits per heavy atom. The first-order valence-corrected chi connectivity index (χ1v) is 4.44. The lowest BCUT2D eigenvalue weighted by molar-refractivity contribution is 0.391. The van der Waals surface area contributed by atoms with Crippen LogP contribution in [0.5, 0.6) is 0 Å². The Balaban J connectivity index is 3.12. The van der Waals surface area contributed by atoms with Crippen molar-refractivity contribution >= 4 is 11.7 Å². The zero-order valence-corrected chi connectivity index (χ0v) is 8.70. The fourth-order valence-corrected chi connectivity index (χ4v) is 1.43. The van der Waals surface area contributed by atoms with Gasteiger partial charge in [0.1, 0.15) is 0 Å². The smallest absolute Gasteiger partial charge is 0.175 e. The Morgan fingerprint density at radius 1 is 1.57 bits per heavy atom. The van der Waals surface area contributed by atoms with Crippen molar-refractivity contribution < 1.29 is 0 Å². The first-order valence-electron chi connectivity index (χ1n) is 4.44. The van der Waals surface area contributed by atoms with Crippen LogP contribution < -0.4 is 5.73 Å². The zero-order valence-electron chi connectivity index (χ0n) is 8.70. The van der Waals surface area contributed by atoms with Crippen molar-refractivity contribution in [1.82, 2.24) is 4.90 Å². The molecule has 2 N–H and O–H groups in total. The topological polar surface area (TPSA) is 54.0 Å². The highest BCUT2D eigenvalue weighted by molar-refractivity contribution is 6.40. The third kappa shape index (κ3) is 2.02. The summed E-state index contributed by atoms with van der Waals surface area (Å²) < 4.78 is 0. The van der Waals surface area contributed by atoms with E-state index in [1.807, 2.05) is 18.7 Å². The Labute approximate surface area is 84.5 Å². The minimum atomic E-state index is -0.196. The van der Waals surface area contributed by atoms with Crippen molar-refractivity contribution in [2.24, 2.45) is 15.7 Å². The molecule has 0 spiro atoms. The molecule has 1 aliphatic rings. The normalized spacial score (nSPS) is 23.1. The van der Waals surface area contributed by atoms with E-state index >= 15 is 0 Å². The summed E-state index contributed by atoms with van der Waals surface area (Å²) in [6, 6.07) is 0. The van der Waals surface area contributed by atoms with E-state index < -0.39 is 0 Å². The fraction of sp³-hybridized carbons (Fsp3) is 0.400. The summed E-state index contributed by atoms with van der Waals surface area (Å²) in [7, 11) is 0. The van der Waals surface area contributed by atoms with Gasteiger partial charge in [-0.2, -0.15) is 0 Å². The van der Waals surface area contributed by atoms with Crippen molar-refractivity contribution in [2.45, 2.75) is 19.4 Å². The minimum Gasteiger partial charge on any atom is -0.381 e. The summed E-state index contributed by atoms with van der Waals surface area (Å²) in [6.45, 7) is 12.0. The van der Waals surface area contributed by atoms with Gasteiger partial charge in [0.2, 0.25) is 0 Å². The molecule has 1 rings (SSSR count). The maximum absolute atomic E-state index is 5.79. The van der Waals surface area contributed by atoms with Crippen LogP contribution in [-0.2, 0) is 0 Å². The second-order valence-electron chi connectivity index (χ2n) is 3.76. The maximum atomic E-state index is 5.79. The molecule has 14 heavy (non-hydrogen) atoms. The highest BCUT2D eigenvalue weighted by Crippen LogP contribution is 2.17. The quantitative estimate of drug-likeness (QED) is 0.713. The van der Waals surface area contributed by atoms with Crippen LogP contribution in [0.4, 0.5) is 0 Å². The molecule has 0 saturated carbocycles. The SMILES string of the molecule is C=CN=C1C(N)=NC(C)(C)CN1C=C. The highest BCUT2D eigenvalue weighted by Gasteiger charge is 2.29. The van der Waals surface area contributed by atoms with E-state index in [0.717, 1.165) is 6.54 Å². The van der Waals surface area contributed by atoms with Gasteiger partial charge in [-0.05, 0) is 20.0 Å². The lowest BCUT2D eigenvalue weighted by atomic mass is 10.0. The summed E-state index contributed by atoms with van der Waals surface area (Å²) in [5.74, 6) is 1.05. The molecule has 0 radical (unpaired) electrons. The predicted molar refractivity (Wildman–Crippen MR) is 60.2 cm³/mol. The van der Waals surface area contributed by atoms with Crippen LogP contribution >= 0.6 is 0 Å². The number of amidine groups is 2. The first-order chi connectivity index (χ1) is 6.50. The number of nitrogens with two attached hydrogens (primary N) is 1. The molecule has 0 aliphatic carbocycles. The average Bonchev–Trinajstić information content (AvgIpc) is 2.08. The first kappa shape index (κ1) is 10.5. The van der Waals surface area contributed by atoms with Gasteiger partial charge in [0, 0.05) is 12.7 Å². The third-order valence-electron chi connectivity index (χ3n) is 1.92. The molecule has 0 aromatic heterocycles. The van der Waals surface area contributed by atoms with E-state index in [-0.39, 0.29) is 5.54 Å². The van der Waals surface area contributed by atoms with Crippen molar-refractivity contribution in [3.63, 3.8) is 0 Å². The molecule has 0 unspecified atom stereocenters. The molecule has 0 aromatic carbocycles. The summed E-state index contributed by atoms with van der Waals surface area (Å²) in [5, 5.41) is 0. The van der Waals surface area contributed by atoms with Crippen LogP contribution in [0.2, 0.25) is 0 Å². The number of rotatable bonds is 2. The highest BCUT2D eigenvalue weighted by atomic mass is 15.3. The van der Waals surface area contributed by atoms with Crippen molar-refractivity contribution in [3.8, 4) is 0 Å². The van der Waals surface area contributed by atoms with Gasteiger partial charge in [0.25, 0.3) is 0 Å². The summed E-state index contributed by atoms with van der Waals surface area (Å²) in [6.07, 6.45) is 3.15. The van der Waals surface area contributed by atoms with Gasteiger partial charge in [-0.15, -0.1) is 0 Å². The number of hydrogen-bond donors (Lipinski definition) is 1. The van der Waals surface area contributed by atoms with E-state index in [0.29, 0.717) is 11.7 Å². The second-order valence-corrected chi connectivity index (χ2v) is 3.76. The second kappa shape index (κ2) is 3.65. The molecular weight excluding hydrogens is 176 g/mol. The molecule has 76 valence electrons. The van der Waals surface area contributed by atoms with Crippen LogP contribution in [0.25, 0.3) is 0 Å². The predicted octanol–water partition coefficient (Wildman–Crippen LogP) is 1.12. The largest absolute Gasteiger partial charge is 0.381 e. The van der Waals surface area contributed by atoms with Gasteiger partial charge < -0.3 is 10.6 Å². The number of aliphatic imine (C=N–C) groups is 2. The monoisotopic (exact) mass is 192 g/mol. The molecule has 0 atom stereocenters. The summed E-state index contributed by atoms with van der Waals surface area (Å²) in [5.41, 5.74) is 5.59. The Bertz CT molecular complexity index is 312. The Morgan fingerprint density at radius 2 is 2.21 bits per heavy atom. The molecule has 0 aromatic rings. The van der Waals surface area contributed by atoms with Crippen molar-refractivity contribution in [1.29, 1.82) is 0 Å². The van der Waals surface area contributed by atoms with Crippen molar-refractivity contribution in [2.75, 3.05) is 6.54 Å². The van der Waals surface area contributed by atoms with E-state index in [1.165, 1.54) is 6.20 Å². The van der Waals surface area contributed by atoms with Crippen LogP contribution in [-0.4, -0.2) is 28.7 Å². The van der Waals surface area contributed by atoms with E-state index in [2.05, 4.69) is 23.1 Å². The van der Waals surface area contributed by atoms with E-state index in [4.69, 9.17) is 5.73 Å². The lowest BCUT2D eigenvalue weighted by Crippen LogP contribution is -2.50. The lowest BCUT2D eigenvalue weighted by Gasteiger charge is -2.34. The molecule has 0 amide bonds. The molecule has 4 heteroatoms. The van der Waals surface area contributed by atoms with Gasteiger partial charge in [-0.3, -0.25) is 4.99 Å². The minimum absolute atomic E-state index is 0.196. The molecule has 1 aliphatic heterocycles. The van der Waals surface area contributed by atoms with Gasteiger partial charge in [0.15, 0.2) is 11.7 Å². The molecule has 0 fully saturated rings. The zero-order chi connectivity index (χ0) is 10.8. The average molecular weight is 192 g/mol. The number of nitrogens with zero attached hydrogens (tertiary/aromatic N) is 3. The standard InChI is InChI=1S/C10H16N4/c1-5-12-9-8(11)13-10(3,4)7-14(9)6-2/h5-6H,1-2,7H2,3-4H3,(H2,11,13). The molecular formula is C10H16N4. The molecule has 4 nitrogen and oxygen atoms in total. The van der Waals surface area contributed by atoms with Gasteiger partial charge in [0.05, 0.1) is 5.54 Å². The van der Waals surface area contributed by atoms with Crippen molar-refractivity contribution in [3.05, 3.63) is 25.6 Å². The molecule has 0 bridgehead atoms. The Kier molecular flexibility index (Phi) is 2.74. The van der Waals surface area contributed by atoms with Crippen LogP contribution in [0.15, 0.2) is 35.5 Å². The number of hydrogen-bond acceptors (Lipinski definition) is 3. The van der Waals surface area contributed by atoms with Crippen LogP contribution in [0.1, 0.15) is 13.8 Å². The molecule has 1 heterocycles. The maximum Gasteiger partial charge on any atom is 0.175 e. The van der Waals surface area contributed by atoms with Crippen LogP contribution in [0, 0.1) is 0 Å². The Hall–Kier alpha value is -1.58. The van der Waals surface area contributed by atoms with E-state index in [9.17, 15) is 0 Å².